The predicted octanol–water partition coefficient (Wildman–Crippen LogP) is 7.17. The van der Waals surface area contributed by atoms with Gasteiger partial charge in [0.1, 0.15) is 0 Å². The molecule has 0 N–H and O–H groups in total. The molecule has 4 aromatic carbocycles. The summed E-state index contributed by atoms with van der Waals surface area (Å²) in [5.41, 5.74) is 5.29. The van der Waals surface area contributed by atoms with Crippen molar-refractivity contribution in [3.05, 3.63) is 69.6 Å². The van der Waals surface area contributed by atoms with Gasteiger partial charge in [0.2, 0.25) is 0 Å². The molecular weight excluding hydrogens is 400 g/mol. The summed E-state index contributed by atoms with van der Waals surface area (Å²) in [5, 5.41) is 5.17. The number of rotatable bonds is 0. The summed E-state index contributed by atoms with van der Waals surface area (Å²) in [5.74, 6) is 0. The van der Waals surface area contributed by atoms with Gasteiger partial charge in [0.05, 0.1) is 0 Å². The highest BCUT2D eigenvalue weighted by molar-refractivity contribution is 9.11. The zero-order chi connectivity index (χ0) is 14.8. The van der Waals surface area contributed by atoms with E-state index in [-0.39, 0.29) is 0 Å². The fourth-order valence-electron chi connectivity index (χ4n) is 3.58. The van der Waals surface area contributed by atoms with Crippen molar-refractivity contribution in [2.75, 3.05) is 0 Å². The molecule has 0 amide bonds. The Bertz CT molecular complexity index is 1090. The minimum atomic E-state index is 1.15. The lowest BCUT2D eigenvalue weighted by atomic mass is 9.99. The highest BCUT2D eigenvalue weighted by atomic mass is 79.9. The van der Waals surface area contributed by atoms with Crippen molar-refractivity contribution in [3.8, 4) is 22.3 Å². The standard InChI is InChI=1S/C20H10Br2/c21-17-9-8-13-16-10-11-4-1-2-5-12(11)20(22)19(16)15-7-3-6-14(17)18(13)15/h1-10H. The topological polar surface area (TPSA) is 0 Å². The van der Waals surface area contributed by atoms with E-state index in [0.717, 1.165) is 4.47 Å². The largest absolute Gasteiger partial charge is 0.0616 e. The fourth-order valence-corrected chi connectivity index (χ4v) is 4.83. The molecule has 0 saturated heterocycles. The van der Waals surface area contributed by atoms with Crippen LogP contribution in [0, 0.1) is 0 Å². The Kier molecular flexibility index (Phi) is 2.59. The summed E-state index contributed by atoms with van der Waals surface area (Å²) in [6.45, 7) is 0. The lowest BCUT2D eigenvalue weighted by molar-refractivity contribution is 1.69. The normalized spacial score (nSPS) is 12.1. The second kappa shape index (κ2) is 4.43. The second-order valence-corrected chi connectivity index (χ2v) is 7.30. The van der Waals surface area contributed by atoms with Gasteiger partial charge in [-0.05, 0) is 66.3 Å². The number of benzene rings is 4. The van der Waals surface area contributed by atoms with Gasteiger partial charge in [-0.3, -0.25) is 0 Å². The maximum atomic E-state index is 3.86. The average Bonchev–Trinajstić information content (AvgIpc) is 2.87. The first-order chi connectivity index (χ1) is 10.8. The van der Waals surface area contributed by atoms with E-state index in [2.05, 4.69) is 92.5 Å². The van der Waals surface area contributed by atoms with Crippen LogP contribution in [0.15, 0.2) is 69.6 Å². The van der Waals surface area contributed by atoms with Crippen LogP contribution >= 0.6 is 31.9 Å². The molecule has 5 rings (SSSR count). The van der Waals surface area contributed by atoms with Crippen LogP contribution in [0.5, 0.6) is 0 Å². The molecule has 4 aromatic rings. The molecule has 104 valence electrons. The van der Waals surface area contributed by atoms with Crippen molar-refractivity contribution in [3.63, 3.8) is 0 Å². The van der Waals surface area contributed by atoms with Gasteiger partial charge in [-0.1, -0.05) is 64.5 Å². The molecule has 0 atom stereocenters. The molecule has 0 unspecified atom stereocenters. The van der Waals surface area contributed by atoms with Crippen molar-refractivity contribution < 1.29 is 0 Å². The third-order valence-corrected chi connectivity index (χ3v) is 6.05. The van der Waals surface area contributed by atoms with Gasteiger partial charge in [0, 0.05) is 14.5 Å². The van der Waals surface area contributed by atoms with Crippen LogP contribution in [0.4, 0.5) is 0 Å². The van der Waals surface area contributed by atoms with Crippen LogP contribution < -0.4 is 0 Å². The van der Waals surface area contributed by atoms with E-state index in [9.17, 15) is 0 Å². The molecule has 0 saturated carbocycles. The smallest absolute Gasteiger partial charge is 0.0338 e. The molecule has 0 bridgehead atoms. The number of halogens is 2. The molecule has 0 fully saturated rings. The molecule has 1 aliphatic carbocycles. The molecule has 0 radical (unpaired) electrons. The van der Waals surface area contributed by atoms with Crippen molar-refractivity contribution in [2.45, 2.75) is 0 Å². The van der Waals surface area contributed by atoms with E-state index in [0.29, 0.717) is 0 Å². The minimum absolute atomic E-state index is 1.15. The van der Waals surface area contributed by atoms with Gasteiger partial charge in [-0.25, -0.2) is 0 Å². The molecule has 0 spiro atoms. The maximum Gasteiger partial charge on any atom is 0.0338 e. The van der Waals surface area contributed by atoms with Crippen LogP contribution in [-0.4, -0.2) is 0 Å². The van der Waals surface area contributed by atoms with Gasteiger partial charge < -0.3 is 0 Å². The van der Waals surface area contributed by atoms with Crippen molar-refractivity contribution >= 4 is 53.4 Å². The molecule has 0 aliphatic heterocycles. The summed E-state index contributed by atoms with van der Waals surface area (Å²) in [4.78, 5) is 0. The van der Waals surface area contributed by atoms with Crippen molar-refractivity contribution in [1.82, 2.24) is 0 Å². The van der Waals surface area contributed by atoms with Crippen LogP contribution in [0.1, 0.15) is 0 Å². The Morgan fingerprint density at radius 2 is 1.45 bits per heavy atom. The van der Waals surface area contributed by atoms with Crippen molar-refractivity contribution in [2.24, 2.45) is 0 Å². The Hall–Kier alpha value is -1.64. The van der Waals surface area contributed by atoms with Crippen LogP contribution in [0.25, 0.3) is 43.8 Å². The zero-order valence-corrected chi connectivity index (χ0v) is 14.7. The van der Waals surface area contributed by atoms with Crippen LogP contribution in [-0.2, 0) is 0 Å². The van der Waals surface area contributed by atoms with E-state index in [1.807, 2.05) is 0 Å². The molecular formula is C20H10Br2. The average molecular weight is 410 g/mol. The Balaban J connectivity index is 2.05. The summed E-state index contributed by atoms with van der Waals surface area (Å²) in [6.07, 6.45) is 0. The number of fused-ring (bicyclic) bond motifs is 4. The molecule has 1 aliphatic rings. The molecule has 0 nitrogen and oxygen atoms in total. The lowest BCUT2D eigenvalue weighted by Gasteiger charge is -2.09. The van der Waals surface area contributed by atoms with E-state index >= 15 is 0 Å². The first kappa shape index (κ1) is 12.9. The highest BCUT2D eigenvalue weighted by Gasteiger charge is 2.25. The monoisotopic (exact) mass is 408 g/mol. The van der Waals surface area contributed by atoms with Crippen LogP contribution in [0.3, 0.4) is 0 Å². The molecule has 0 aromatic heterocycles. The SMILES string of the molecule is Brc1c2c(cc3ccccc13)-c1ccc(Br)c3cccc-2c13. The number of hydrogen-bond donors (Lipinski definition) is 0. The molecule has 0 heterocycles. The summed E-state index contributed by atoms with van der Waals surface area (Å²) < 4.78 is 2.35. The Morgan fingerprint density at radius 3 is 2.36 bits per heavy atom. The minimum Gasteiger partial charge on any atom is -0.0616 e. The van der Waals surface area contributed by atoms with Gasteiger partial charge >= 0.3 is 0 Å². The van der Waals surface area contributed by atoms with E-state index < -0.39 is 0 Å². The lowest BCUT2D eigenvalue weighted by Crippen LogP contribution is -1.82. The van der Waals surface area contributed by atoms with Crippen molar-refractivity contribution in [1.29, 1.82) is 0 Å². The Morgan fingerprint density at radius 1 is 0.636 bits per heavy atom. The maximum absolute atomic E-state index is 3.86. The number of hydrogen-bond acceptors (Lipinski definition) is 0. The first-order valence-corrected chi connectivity index (χ1v) is 8.77. The van der Waals surface area contributed by atoms with Gasteiger partial charge in [0.25, 0.3) is 0 Å². The first-order valence-electron chi connectivity index (χ1n) is 7.19. The summed E-state index contributed by atoms with van der Waals surface area (Å²) in [7, 11) is 0. The molecule has 2 heteroatoms. The summed E-state index contributed by atoms with van der Waals surface area (Å²) >= 11 is 7.55. The van der Waals surface area contributed by atoms with E-state index in [4.69, 9.17) is 0 Å². The van der Waals surface area contributed by atoms with Gasteiger partial charge in [0.15, 0.2) is 0 Å². The van der Waals surface area contributed by atoms with Crippen LogP contribution in [0.2, 0.25) is 0 Å². The van der Waals surface area contributed by atoms with Gasteiger partial charge in [-0.2, -0.15) is 0 Å². The third-order valence-electron chi connectivity index (χ3n) is 4.53. The quantitative estimate of drug-likeness (QED) is 0.254. The van der Waals surface area contributed by atoms with Gasteiger partial charge in [-0.15, -0.1) is 0 Å². The summed E-state index contributed by atoms with van der Waals surface area (Å²) in [6, 6.07) is 21.8. The Labute approximate surface area is 145 Å². The third kappa shape index (κ3) is 1.52. The fraction of sp³-hybridized carbons (Fsp3) is 0. The highest BCUT2D eigenvalue weighted by Crippen LogP contribution is 2.53. The predicted molar refractivity (Wildman–Crippen MR) is 101 cm³/mol. The van der Waals surface area contributed by atoms with E-state index in [1.165, 1.54) is 48.3 Å². The van der Waals surface area contributed by atoms with E-state index in [1.54, 1.807) is 0 Å². The zero-order valence-electron chi connectivity index (χ0n) is 11.5. The second-order valence-electron chi connectivity index (χ2n) is 5.66. The molecule has 22 heavy (non-hydrogen) atoms.